The van der Waals surface area contributed by atoms with E-state index >= 15 is 0 Å². The Balaban J connectivity index is 2.11. The van der Waals surface area contributed by atoms with Crippen LogP contribution in [0, 0.1) is 10.1 Å². The monoisotopic (exact) mass is 353 g/mol. The molecule has 0 radical (unpaired) electrons. The number of hydrogen-bond donors (Lipinski definition) is 0. The van der Waals surface area contributed by atoms with Crippen molar-refractivity contribution in [2.75, 3.05) is 6.61 Å². The van der Waals surface area contributed by atoms with E-state index in [0.29, 0.717) is 13.0 Å². The summed E-state index contributed by atoms with van der Waals surface area (Å²) in [6, 6.07) is 2.42. The molecule has 21 heavy (non-hydrogen) atoms. The van der Waals surface area contributed by atoms with Crippen LogP contribution in [-0.4, -0.2) is 29.1 Å². The summed E-state index contributed by atoms with van der Waals surface area (Å²) in [5, 5.41) is 10.8. The Morgan fingerprint density at radius 1 is 1.38 bits per heavy atom. The van der Waals surface area contributed by atoms with Crippen molar-refractivity contribution in [3.63, 3.8) is 0 Å². The second kappa shape index (κ2) is 7.01. The first-order valence-electron chi connectivity index (χ1n) is 6.49. The van der Waals surface area contributed by atoms with E-state index in [-0.39, 0.29) is 39.1 Å². The van der Waals surface area contributed by atoms with E-state index in [1.807, 2.05) is 6.92 Å². The van der Waals surface area contributed by atoms with Crippen LogP contribution in [0.2, 0.25) is 10.0 Å². The van der Waals surface area contributed by atoms with E-state index in [1.165, 1.54) is 12.1 Å². The van der Waals surface area contributed by atoms with Gasteiger partial charge in [-0.05, 0) is 6.42 Å². The van der Waals surface area contributed by atoms with Crippen LogP contribution in [0.15, 0.2) is 12.1 Å². The molecule has 1 fully saturated rings. The van der Waals surface area contributed by atoms with Crippen molar-refractivity contribution in [2.24, 2.45) is 0 Å². The molecule has 5 nitrogen and oxygen atoms in total. The van der Waals surface area contributed by atoms with E-state index < -0.39 is 4.92 Å². The number of hydrogen-bond acceptors (Lipinski definition) is 4. The van der Waals surface area contributed by atoms with Crippen LogP contribution in [0.3, 0.4) is 0 Å². The van der Waals surface area contributed by atoms with Gasteiger partial charge in [-0.1, -0.05) is 30.1 Å². The lowest BCUT2D eigenvalue weighted by Crippen LogP contribution is -2.52. The summed E-state index contributed by atoms with van der Waals surface area (Å²) in [5.41, 5.74) is -0.181. The third kappa shape index (κ3) is 3.72. The highest BCUT2D eigenvalue weighted by Crippen LogP contribution is 2.41. The summed E-state index contributed by atoms with van der Waals surface area (Å²) < 4.78 is 11.3. The molecule has 0 N–H and O–H groups in total. The number of non-ortho nitro benzene ring substituents is 1. The van der Waals surface area contributed by atoms with Crippen LogP contribution in [0.4, 0.5) is 5.69 Å². The molecular weight excluding hydrogens is 341 g/mol. The molecular formula is C13H14Cl3NO4. The predicted octanol–water partition coefficient (Wildman–Crippen LogP) is 4.46. The van der Waals surface area contributed by atoms with Gasteiger partial charge in [0.25, 0.3) is 5.69 Å². The maximum Gasteiger partial charge on any atom is 0.272 e. The predicted molar refractivity (Wildman–Crippen MR) is 81.8 cm³/mol. The van der Waals surface area contributed by atoms with Crippen LogP contribution < -0.4 is 4.74 Å². The Morgan fingerprint density at radius 3 is 2.48 bits per heavy atom. The number of benzene rings is 1. The largest absolute Gasteiger partial charge is 0.484 e. The number of nitro benzene ring substituents is 1. The SMILES string of the molecule is CCCOC1C(Cl)CC1Oc1c(Cl)cc([N+](=O)[O-])cc1Cl. The zero-order chi connectivity index (χ0) is 15.6. The van der Waals surface area contributed by atoms with E-state index in [1.54, 1.807) is 0 Å². The first-order valence-corrected chi connectivity index (χ1v) is 7.69. The van der Waals surface area contributed by atoms with Crippen molar-refractivity contribution in [3.8, 4) is 5.75 Å². The molecule has 2 rings (SSSR count). The number of halogens is 3. The molecule has 116 valence electrons. The fourth-order valence-corrected chi connectivity index (χ4v) is 3.00. The first-order chi connectivity index (χ1) is 9.93. The summed E-state index contributed by atoms with van der Waals surface area (Å²) in [4.78, 5) is 10.2. The maximum absolute atomic E-state index is 10.7. The molecule has 3 atom stereocenters. The summed E-state index contributed by atoms with van der Waals surface area (Å²) in [6.07, 6.45) is 1.01. The number of alkyl halides is 1. The first kappa shape index (κ1) is 16.6. The third-order valence-electron chi connectivity index (χ3n) is 3.16. The molecule has 1 aliphatic rings. The average molecular weight is 355 g/mol. The highest BCUT2D eigenvalue weighted by atomic mass is 35.5. The zero-order valence-electron chi connectivity index (χ0n) is 11.2. The second-order valence-electron chi connectivity index (χ2n) is 4.74. The lowest BCUT2D eigenvalue weighted by Gasteiger charge is -2.40. The van der Waals surface area contributed by atoms with Crippen molar-refractivity contribution in [1.29, 1.82) is 0 Å². The number of nitro groups is 1. The smallest absolute Gasteiger partial charge is 0.272 e. The highest BCUT2D eigenvalue weighted by Gasteiger charge is 2.43. The van der Waals surface area contributed by atoms with Gasteiger partial charge < -0.3 is 9.47 Å². The fourth-order valence-electron chi connectivity index (χ4n) is 2.02. The minimum atomic E-state index is -0.563. The molecule has 0 spiro atoms. The molecule has 0 aromatic heterocycles. The van der Waals surface area contributed by atoms with Crippen molar-refractivity contribution in [3.05, 3.63) is 32.3 Å². The molecule has 1 aromatic rings. The van der Waals surface area contributed by atoms with E-state index in [0.717, 1.165) is 6.42 Å². The third-order valence-corrected chi connectivity index (χ3v) is 4.15. The molecule has 0 aliphatic heterocycles. The molecule has 1 aliphatic carbocycles. The standard InChI is InChI=1S/C13H14Cl3NO4/c1-2-3-20-13-10(16)6-11(13)21-12-8(14)4-7(17(18)19)5-9(12)15/h4-5,10-11,13H,2-3,6H2,1H3. The van der Waals surface area contributed by atoms with Crippen LogP contribution in [0.5, 0.6) is 5.75 Å². The van der Waals surface area contributed by atoms with Gasteiger partial charge in [0.05, 0.1) is 20.3 Å². The van der Waals surface area contributed by atoms with Gasteiger partial charge in [-0.3, -0.25) is 10.1 Å². The van der Waals surface area contributed by atoms with Crippen LogP contribution >= 0.6 is 34.8 Å². The lowest BCUT2D eigenvalue weighted by atomic mass is 9.91. The van der Waals surface area contributed by atoms with Crippen LogP contribution in [-0.2, 0) is 4.74 Å². The Morgan fingerprint density at radius 2 is 2.00 bits per heavy atom. The van der Waals surface area contributed by atoms with Gasteiger partial charge in [0.2, 0.25) is 0 Å². The summed E-state index contributed by atoms with van der Waals surface area (Å²) in [6.45, 7) is 2.59. The van der Waals surface area contributed by atoms with Gasteiger partial charge >= 0.3 is 0 Å². The Bertz CT molecular complexity index is 517. The number of ether oxygens (including phenoxy) is 2. The van der Waals surface area contributed by atoms with E-state index in [9.17, 15) is 10.1 Å². The molecule has 8 heteroatoms. The van der Waals surface area contributed by atoms with Gasteiger partial charge in [-0.15, -0.1) is 11.6 Å². The van der Waals surface area contributed by atoms with Gasteiger partial charge in [0.15, 0.2) is 5.75 Å². The Labute approximate surface area is 137 Å². The van der Waals surface area contributed by atoms with Gasteiger partial charge in [-0.2, -0.15) is 0 Å². The molecule has 0 amide bonds. The Kier molecular flexibility index (Phi) is 5.54. The quantitative estimate of drug-likeness (QED) is 0.430. The van der Waals surface area contributed by atoms with Gasteiger partial charge in [0.1, 0.15) is 12.2 Å². The van der Waals surface area contributed by atoms with Crippen molar-refractivity contribution < 1.29 is 14.4 Å². The molecule has 1 aromatic carbocycles. The molecule has 0 saturated heterocycles. The molecule has 3 unspecified atom stereocenters. The summed E-state index contributed by atoms with van der Waals surface area (Å²) in [5.74, 6) is 0.225. The van der Waals surface area contributed by atoms with E-state index in [4.69, 9.17) is 44.3 Å². The van der Waals surface area contributed by atoms with Crippen molar-refractivity contribution >= 4 is 40.5 Å². The Hall–Kier alpha value is -0.750. The second-order valence-corrected chi connectivity index (χ2v) is 6.11. The topological polar surface area (TPSA) is 61.6 Å². The number of rotatable bonds is 6. The molecule has 1 saturated carbocycles. The zero-order valence-corrected chi connectivity index (χ0v) is 13.5. The average Bonchev–Trinajstić information content (AvgIpc) is 2.41. The van der Waals surface area contributed by atoms with Gasteiger partial charge in [0, 0.05) is 25.2 Å². The normalized spacial score (nSPS) is 24.5. The van der Waals surface area contributed by atoms with Gasteiger partial charge in [-0.25, -0.2) is 0 Å². The molecule has 0 heterocycles. The van der Waals surface area contributed by atoms with Crippen molar-refractivity contribution in [2.45, 2.75) is 37.4 Å². The summed E-state index contributed by atoms with van der Waals surface area (Å²) >= 11 is 18.1. The number of nitrogens with zero attached hydrogens (tertiary/aromatic N) is 1. The molecule has 0 bridgehead atoms. The van der Waals surface area contributed by atoms with Crippen LogP contribution in [0.1, 0.15) is 19.8 Å². The minimum Gasteiger partial charge on any atom is -0.484 e. The van der Waals surface area contributed by atoms with E-state index in [2.05, 4.69) is 0 Å². The maximum atomic E-state index is 10.7. The highest BCUT2D eigenvalue weighted by molar-refractivity contribution is 6.37. The minimum absolute atomic E-state index is 0.0986. The fraction of sp³-hybridized carbons (Fsp3) is 0.538. The summed E-state index contributed by atoms with van der Waals surface area (Å²) in [7, 11) is 0. The lowest BCUT2D eigenvalue weighted by molar-refractivity contribution is -0.384. The van der Waals surface area contributed by atoms with Crippen molar-refractivity contribution in [1.82, 2.24) is 0 Å². The van der Waals surface area contributed by atoms with Crippen LogP contribution in [0.25, 0.3) is 0 Å².